The van der Waals surface area contributed by atoms with Crippen LogP contribution >= 0.6 is 0 Å². The largest absolute Gasteiger partial charge is 0.469 e. The van der Waals surface area contributed by atoms with E-state index in [1.165, 1.54) is 23.8 Å². The first-order valence-corrected chi connectivity index (χ1v) is 12.7. The second-order valence-electron chi connectivity index (χ2n) is 9.95. The molecule has 3 aromatic carbocycles. The van der Waals surface area contributed by atoms with Gasteiger partial charge in [-0.05, 0) is 37.0 Å². The Morgan fingerprint density at radius 2 is 1.36 bits per heavy atom. The molecule has 3 aromatic rings. The zero-order valence-electron chi connectivity index (χ0n) is 21.5. The summed E-state index contributed by atoms with van der Waals surface area (Å²) in [5.41, 5.74) is 3.76. The van der Waals surface area contributed by atoms with Gasteiger partial charge in [0.25, 0.3) is 0 Å². The molecule has 0 saturated carbocycles. The van der Waals surface area contributed by atoms with E-state index in [4.69, 9.17) is 14.2 Å². The Kier molecular flexibility index (Phi) is 8.92. The van der Waals surface area contributed by atoms with Crippen molar-refractivity contribution < 1.29 is 19.0 Å². The first kappa shape index (κ1) is 26.1. The molecule has 0 unspecified atom stereocenters. The monoisotopic (exact) mass is 487 g/mol. The third kappa shape index (κ3) is 7.50. The number of carbonyl (C=O) groups excluding carboxylic acids is 1. The van der Waals surface area contributed by atoms with Crippen molar-refractivity contribution in [1.82, 2.24) is 4.90 Å². The molecule has 0 spiro atoms. The second kappa shape index (κ2) is 12.3. The Labute approximate surface area is 215 Å². The van der Waals surface area contributed by atoms with Crippen LogP contribution in [-0.4, -0.2) is 42.0 Å². The van der Waals surface area contributed by atoms with Crippen LogP contribution in [0.3, 0.4) is 0 Å². The van der Waals surface area contributed by atoms with Gasteiger partial charge in [-0.2, -0.15) is 0 Å². The van der Waals surface area contributed by atoms with Crippen LogP contribution in [0.4, 0.5) is 0 Å². The summed E-state index contributed by atoms with van der Waals surface area (Å²) < 4.78 is 17.7. The third-order valence-electron chi connectivity index (χ3n) is 6.65. The lowest BCUT2D eigenvalue weighted by Gasteiger charge is -2.46. The van der Waals surface area contributed by atoms with E-state index < -0.39 is 5.79 Å². The predicted octanol–water partition coefficient (Wildman–Crippen LogP) is 5.77. The van der Waals surface area contributed by atoms with E-state index in [2.05, 4.69) is 77.7 Å². The molecule has 1 aliphatic heterocycles. The van der Waals surface area contributed by atoms with E-state index in [9.17, 15) is 4.79 Å². The molecule has 0 aromatic heterocycles. The first-order chi connectivity index (χ1) is 17.4. The van der Waals surface area contributed by atoms with Crippen molar-refractivity contribution in [3.63, 3.8) is 0 Å². The minimum Gasteiger partial charge on any atom is -0.469 e. The van der Waals surface area contributed by atoms with Crippen LogP contribution in [0.2, 0.25) is 0 Å². The average molecular weight is 488 g/mol. The fourth-order valence-corrected chi connectivity index (χ4v) is 5.06. The maximum absolute atomic E-state index is 12.1. The van der Waals surface area contributed by atoms with E-state index in [0.717, 1.165) is 19.5 Å². The number of esters is 1. The highest BCUT2D eigenvalue weighted by atomic mass is 16.7. The third-order valence-corrected chi connectivity index (χ3v) is 6.65. The highest BCUT2D eigenvalue weighted by Crippen LogP contribution is 2.33. The lowest BCUT2D eigenvalue weighted by atomic mass is 9.92. The minimum atomic E-state index is -0.804. The van der Waals surface area contributed by atoms with Crippen molar-refractivity contribution in [2.45, 2.75) is 70.2 Å². The molecule has 1 heterocycles. The number of benzene rings is 3. The Bertz CT molecular complexity index is 1030. The second-order valence-corrected chi connectivity index (χ2v) is 9.95. The van der Waals surface area contributed by atoms with Crippen LogP contribution in [0.5, 0.6) is 0 Å². The summed E-state index contributed by atoms with van der Waals surface area (Å²) in [5, 5.41) is 0. The van der Waals surface area contributed by atoms with Crippen LogP contribution in [-0.2, 0) is 38.5 Å². The van der Waals surface area contributed by atoms with Crippen LogP contribution in [0.25, 0.3) is 0 Å². The van der Waals surface area contributed by atoms with Crippen molar-refractivity contribution in [3.05, 3.63) is 108 Å². The molecule has 0 aliphatic carbocycles. The van der Waals surface area contributed by atoms with E-state index in [0.29, 0.717) is 6.42 Å². The number of hydrogen-bond acceptors (Lipinski definition) is 5. The number of hydrogen-bond donors (Lipinski definition) is 0. The smallest absolute Gasteiger partial charge is 0.308 e. The SMILES string of the molecule is COC(=O)C[C@@H]1C[C@H]([C@H](Cc2ccccc2)N(Cc2ccccc2)Cc2ccccc2)OC(C)(C)O1. The molecule has 1 aliphatic rings. The molecule has 36 heavy (non-hydrogen) atoms. The summed E-state index contributed by atoms with van der Waals surface area (Å²) in [6, 6.07) is 31.8. The van der Waals surface area contributed by atoms with Crippen molar-refractivity contribution in [1.29, 1.82) is 0 Å². The summed E-state index contributed by atoms with van der Waals surface area (Å²) in [6.07, 6.45) is 1.27. The molecular weight excluding hydrogens is 450 g/mol. The first-order valence-electron chi connectivity index (χ1n) is 12.7. The molecule has 3 atom stereocenters. The average Bonchev–Trinajstić information content (AvgIpc) is 2.88. The van der Waals surface area contributed by atoms with Crippen LogP contribution in [0.1, 0.15) is 43.4 Å². The van der Waals surface area contributed by atoms with Crippen molar-refractivity contribution in [2.75, 3.05) is 7.11 Å². The van der Waals surface area contributed by atoms with Gasteiger partial charge < -0.3 is 14.2 Å². The van der Waals surface area contributed by atoms with Gasteiger partial charge in [0.1, 0.15) is 0 Å². The summed E-state index contributed by atoms with van der Waals surface area (Å²) in [4.78, 5) is 14.6. The van der Waals surface area contributed by atoms with E-state index in [1.54, 1.807) is 0 Å². The highest BCUT2D eigenvalue weighted by molar-refractivity contribution is 5.69. The summed E-state index contributed by atoms with van der Waals surface area (Å²) in [5.74, 6) is -1.07. The zero-order chi connectivity index (χ0) is 25.4. The number of rotatable bonds is 10. The maximum Gasteiger partial charge on any atom is 0.308 e. The lowest BCUT2D eigenvalue weighted by molar-refractivity contribution is -0.309. The fourth-order valence-electron chi connectivity index (χ4n) is 5.06. The molecular formula is C31H37NO4. The molecule has 1 fully saturated rings. The lowest BCUT2D eigenvalue weighted by Crippen LogP contribution is -2.54. The Hall–Kier alpha value is -2.99. The van der Waals surface area contributed by atoms with Gasteiger partial charge in [0.2, 0.25) is 0 Å². The molecule has 0 radical (unpaired) electrons. The molecule has 5 nitrogen and oxygen atoms in total. The van der Waals surface area contributed by atoms with Crippen molar-refractivity contribution in [2.24, 2.45) is 0 Å². The van der Waals surface area contributed by atoms with Gasteiger partial charge in [-0.3, -0.25) is 9.69 Å². The Morgan fingerprint density at radius 3 is 1.86 bits per heavy atom. The Balaban J connectivity index is 1.69. The predicted molar refractivity (Wildman–Crippen MR) is 141 cm³/mol. The molecule has 0 amide bonds. The maximum atomic E-state index is 12.1. The van der Waals surface area contributed by atoms with Gasteiger partial charge in [-0.25, -0.2) is 0 Å². The van der Waals surface area contributed by atoms with Crippen LogP contribution in [0.15, 0.2) is 91.0 Å². The van der Waals surface area contributed by atoms with Gasteiger partial charge in [0, 0.05) is 25.6 Å². The van der Waals surface area contributed by atoms with Crippen molar-refractivity contribution in [3.8, 4) is 0 Å². The van der Waals surface area contributed by atoms with Crippen LogP contribution < -0.4 is 0 Å². The van der Waals surface area contributed by atoms with Gasteiger partial charge >= 0.3 is 5.97 Å². The number of nitrogens with zero attached hydrogens (tertiary/aromatic N) is 1. The summed E-state index contributed by atoms with van der Waals surface area (Å²) in [7, 11) is 1.42. The summed E-state index contributed by atoms with van der Waals surface area (Å²) >= 11 is 0. The molecule has 190 valence electrons. The fraction of sp³-hybridized carbons (Fsp3) is 0.387. The number of carbonyl (C=O) groups is 1. The standard InChI is InChI=1S/C31H37NO4/c1-31(2)35-27(21-30(33)34-3)20-29(36-31)28(19-24-13-7-4-8-14-24)32(22-25-15-9-5-10-16-25)23-26-17-11-6-12-18-26/h4-18,27-29H,19-23H2,1-3H3/t27-,28-,29+/m0/s1. The molecule has 5 heteroatoms. The zero-order valence-corrected chi connectivity index (χ0v) is 21.5. The van der Waals surface area contributed by atoms with Gasteiger partial charge in [-0.15, -0.1) is 0 Å². The summed E-state index contributed by atoms with van der Waals surface area (Å²) in [6.45, 7) is 5.44. The molecule has 4 rings (SSSR count). The van der Waals surface area contributed by atoms with E-state index >= 15 is 0 Å². The topological polar surface area (TPSA) is 48.0 Å². The van der Waals surface area contributed by atoms with Gasteiger partial charge in [-0.1, -0.05) is 91.0 Å². The molecule has 0 bridgehead atoms. The van der Waals surface area contributed by atoms with Gasteiger partial charge in [0.05, 0.1) is 25.7 Å². The minimum absolute atomic E-state index is 0.0659. The van der Waals surface area contributed by atoms with Crippen molar-refractivity contribution >= 4 is 5.97 Å². The molecule has 0 N–H and O–H groups in total. The van der Waals surface area contributed by atoms with Gasteiger partial charge in [0.15, 0.2) is 5.79 Å². The molecule has 1 saturated heterocycles. The van der Waals surface area contributed by atoms with E-state index in [-0.39, 0.29) is 30.6 Å². The highest BCUT2D eigenvalue weighted by Gasteiger charge is 2.41. The van der Waals surface area contributed by atoms with E-state index in [1.807, 2.05) is 32.0 Å². The quantitative estimate of drug-likeness (QED) is 0.340. The number of methoxy groups -OCH3 is 1. The number of ether oxygens (including phenoxy) is 3. The normalized spacial score (nSPS) is 20.1. The van der Waals surface area contributed by atoms with Crippen LogP contribution in [0, 0.1) is 0 Å². The Morgan fingerprint density at radius 1 is 0.861 bits per heavy atom.